The standard InChI is InChI=1S/C24H35NO3/c1-16-9-11-20(12-10-16)23(26)25(21-13-14-21)22(18(3)24(27)28)15-17(2)19-7-5-4-6-8-19/h7,15-16,20-21H,4-6,8-14H2,1-3H3,(H,27,28)/b17-15+,22-18-. The lowest BCUT2D eigenvalue weighted by Gasteiger charge is -2.32. The van der Waals surface area contributed by atoms with Gasteiger partial charge in [-0.05, 0) is 101 Å². The van der Waals surface area contributed by atoms with Gasteiger partial charge < -0.3 is 10.0 Å². The van der Waals surface area contributed by atoms with E-state index in [1.54, 1.807) is 6.92 Å². The third-order valence-electron chi connectivity index (χ3n) is 6.63. The van der Waals surface area contributed by atoms with Gasteiger partial charge in [0.2, 0.25) is 5.91 Å². The molecule has 154 valence electrons. The average molecular weight is 386 g/mol. The molecule has 3 rings (SSSR count). The van der Waals surface area contributed by atoms with E-state index in [4.69, 9.17) is 0 Å². The molecule has 28 heavy (non-hydrogen) atoms. The smallest absolute Gasteiger partial charge is 0.333 e. The summed E-state index contributed by atoms with van der Waals surface area (Å²) in [7, 11) is 0. The van der Waals surface area contributed by atoms with Crippen LogP contribution in [0.2, 0.25) is 0 Å². The minimum Gasteiger partial charge on any atom is -0.478 e. The molecule has 0 aromatic rings. The predicted octanol–water partition coefficient (Wildman–Crippen LogP) is 5.61. The normalized spacial score (nSPS) is 27.0. The first-order chi connectivity index (χ1) is 13.4. The number of carboxylic acids is 1. The van der Waals surface area contributed by atoms with Crippen molar-refractivity contribution in [3.8, 4) is 0 Å². The second kappa shape index (κ2) is 9.11. The zero-order valence-corrected chi connectivity index (χ0v) is 17.7. The largest absolute Gasteiger partial charge is 0.478 e. The van der Waals surface area contributed by atoms with E-state index in [9.17, 15) is 14.7 Å². The minimum absolute atomic E-state index is 0.0380. The van der Waals surface area contributed by atoms with Gasteiger partial charge in [-0.3, -0.25) is 4.79 Å². The van der Waals surface area contributed by atoms with E-state index in [1.807, 2.05) is 11.0 Å². The van der Waals surface area contributed by atoms with Gasteiger partial charge in [0.15, 0.2) is 0 Å². The van der Waals surface area contributed by atoms with Gasteiger partial charge in [-0.25, -0.2) is 4.79 Å². The van der Waals surface area contributed by atoms with Crippen LogP contribution < -0.4 is 0 Å². The second-order valence-corrected chi connectivity index (χ2v) is 9.01. The number of carbonyl (C=O) groups is 2. The van der Waals surface area contributed by atoms with E-state index in [0.717, 1.165) is 56.9 Å². The third kappa shape index (κ3) is 4.95. The van der Waals surface area contributed by atoms with Gasteiger partial charge in [0.05, 0.1) is 11.3 Å². The molecule has 0 atom stereocenters. The molecule has 3 aliphatic carbocycles. The Labute approximate surface area is 169 Å². The molecule has 0 saturated heterocycles. The maximum Gasteiger partial charge on any atom is 0.333 e. The first-order valence-electron chi connectivity index (χ1n) is 11.0. The van der Waals surface area contributed by atoms with Crippen LogP contribution in [0.15, 0.2) is 34.6 Å². The first kappa shape index (κ1) is 20.9. The number of hydrogen-bond acceptors (Lipinski definition) is 2. The summed E-state index contributed by atoms with van der Waals surface area (Å²) in [5, 5.41) is 9.71. The summed E-state index contributed by atoms with van der Waals surface area (Å²) >= 11 is 0. The van der Waals surface area contributed by atoms with Crippen molar-refractivity contribution < 1.29 is 14.7 Å². The number of carbonyl (C=O) groups excluding carboxylic acids is 1. The van der Waals surface area contributed by atoms with Crippen molar-refractivity contribution in [2.75, 3.05) is 0 Å². The van der Waals surface area contributed by atoms with E-state index >= 15 is 0 Å². The third-order valence-corrected chi connectivity index (χ3v) is 6.63. The molecule has 0 bridgehead atoms. The number of hydrogen-bond donors (Lipinski definition) is 1. The zero-order chi connectivity index (χ0) is 20.3. The van der Waals surface area contributed by atoms with Crippen molar-refractivity contribution in [2.45, 2.75) is 91.0 Å². The van der Waals surface area contributed by atoms with Crippen LogP contribution in [0, 0.1) is 11.8 Å². The van der Waals surface area contributed by atoms with E-state index in [-0.39, 0.29) is 23.4 Å². The average Bonchev–Trinajstić information content (AvgIpc) is 3.52. The lowest BCUT2D eigenvalue weighted by atomic mass is 9.82. The molecule has 0 aromatic heterocycles. The fraction of sp³-hybridized carbons (Fsp3) is 0.667. The Morgan fingerprint density at radius 3 is 2.29 bits per heavy atom. The lowest BCUT2D eigenvalue weighted by molar-refractivity contribution is -0.135. The molecule has 0 radical (unpaired) electrons. The molecule has 1 amide bonds. The van der Waals surface area contributed by atoms with Crippen molar-refractivity contribution in [3.05, 3.63) is 34.6 Å². The lowest BCUT2D eigenvalue weighted by Crippen LogP contribution is -2.39. The van der Waals surface area contributed by atoms with Crippen molar-refractivity contribution >= 4 is 11.9 Å². The molecule has 0 spiro atoms. The summed E-state index contributed by atoms with van der Waals surface area (Å²) in [6.45, 7) is 5.95. The summed E-state index contributed by atoms with van der Waals surface area (Å²) < 4.78 is 0. The van der Waals surface area contributed by atoms with Crippen LogP contribution in [0.3, 0.4) is 0 Å². The Morgan fingerprint density at radius 1 is 1.07 bits per heavy atom. The number of allylic oxidation sites excluding steroid dienone is 4. The van der Waals surface area contributed by atoms with Crippen molar-refractivity contribution in [2.24, 2.45) is 11.8 Å². The molecule has 2 fully saturated rings. The summed E-state index contributed by atoms with van der Waals surface area (Å²) in [5.74, 6) is -0.0652. The van der Waals surface area contributed by atoms with Gasteiger partial charge in [-0.1, -0.05) is 13.0 Å². The molecule has 4 nitrogen and oxygen atoms in total. The number of nitrogens with zero attached hydrogens (tertiary/aromatic N) is 1. The summed E-state index contributed by atoms with van der Waals surface area (Å²) in [6.07, 6.45) is 14.8. The van der Waals surface area contributed by atoms with E-state index in [2.05, 4.69) is 19.9 Å². The number of amides is 1. The van der Waals surface area contributed by atoms with Crippen LogP contribution in [0.1, 0.15) is 85.0 Å². The summed E-state index contributed by atoms with van der Waals surface area (Å²) in [6, 6.07) is 0.167. The number of aliphatic carboxylic acids is 1. The molecular weight excluding hydrogens is 350 g/mol. The monoisotopic (exact) mass is 385 g/mol. The molecule has 4 heteroatoms. The first-order valence-corrected chi connectivity index (χ1v) is 11.0. The highest BCUT2D eigenvalue weighted by Gasteiger charge is 2.39. The summed E-state index contributed by atoms with van der Waals surface area (Å²) in [4.78, 5) is 27.2. The quantitative estimate of drug-likeness (QED) is 0.477. The molecule has 2 saturated carbocycles. The highest BCUT2D eigenvalue weighted by molar-refractivity contribution is 5.90. The van der Waals surface area contributed by atoms with Crippen LogP contribution in [0.25, 0.3) is 0 Å². The number of carboxylic acid groups (broad SMARTS) is 1. The maximum absolute atomic E-state index is 13.5. The van der Waals surface area contributed by atoms with Gasteiger partial charge >= 0.3 is 5.97 Å². The van der Waals surface area contributed by atoms with Crippen molar-refractivity contribution in [3.63, 3.8) is 0 Å². The SMILES string of the molecule is C/C(C(=O)O)=C(\C=C(/C)C1=CCCCC1)N(C(=O)C1CCC(C)CC1)C1CC1. The Kier molecular flexibility index (Phi) is 6.79. The minimum atomic E-state index is -0.938. The fourth-order valence-corrected chi connectivity index (χ4v) is 4.49. The molecule has 0 aliphatic heterocycles. The Balaban J connectivity index is 1.93. The molecule has 0 heterocycles. The molecule has 3 aliphatic rings. The van der Waals surface area contributed by atoms with E-state index < -0.39 is 5.97 Å². The number of rotatable bonds is 6. The Morgan fingerprint density at radius 2 is 1.75 bits per heavy atom. The predicted molar refractivity (Wildman–Crippen MR) is 112 cm³/mol. The summed E-state index contributed by atoms with van der Waals surface area (Å²) in [5.41, 5.74) is 3.30. The van der Waals surface area contributed by atoms with E-state index in [1.165, 1.54) is 18.4 Å². The van der Waals surface area contributed by atoms with E-state index in [0.29, 0.717) is 11.6 Å². The molecule has 0 unspecified atom stereocenters. The van der Waals surface area contributed by atoms with Gasteiger partial charge in [-0.15, -0.1) is 0 Å². The fourth-order valence-electron chi connectivity index (χ4n) is 4.49. The highest BCUT2D eigenvalue weighted by atomic mass is 16.4. The Hall–Kier alpha value is -1.84. The molecule has 1 N–H and O–H groups in total. The van der Waals surface area contributed by atoms with Gasteiger partial charge in [0.1, 0.15) is 0 Å². The van der Waals surface area contributed by atoms with Crippen LogP contribution in [0.4, 0.5) is 0 Å². The van der Waals surface area contributed by atoms with Gasteiger partial charge in [-0.2, -0.15) is 0 Å². The second-order valence-electron chi connectivity index (χ2n) is 9.01. The van der Waals surface area contributed by atoms with Crippen LogP contribution in [0.5, 0.6) is 0 Å². The Bertz CT molecular complexity index is 703. The highest BCUT2D eigenvalue weighted by Crippen LogP contribution is 2.38. The topological polar surface area (TPSA) is 57.6 Å². The molecular formula is C24H35NO3. The van der Waals surface area contributed by atoms with Crippen molar-refractivity contribution in [1.29, 1.82) is 0 Å². The zero-order valence-electron chi connectivity index (χ0n) is 17.7. The van der Waals surface area contributed by atoms with Gasteiger partial charge in [0.25, 0.3) is 0 Å². The van der Waals surface area contributed by atoms with Crippen LogP contribution in [-0.2, 0) is 9.59 Å². The van der Waals surface area contributed by atoms with Crippen LogP contribution in [-0.4, -0.2) is 27.9 Å². The van der Waals surface area contributed by atoms with Crippen LogP contribution >= 0.6 is 0 Å². The van der Waals surface area contributed by atoms with Crippen molar-refractivity contribution in [1.82, 2.24) is 4.90 Å². The van der Waals surface area contributed by atoms with Gasteiger partial charge in [0, 0.05) is 12.0 Å². The maximum atomic E-state index is 13.5. The molecule has 0 aromatic carbocycles.